The van der Waals surface area contributed by atoms with Crippen LogP contribution in [0.4, 0.5) is 0 Å². The Balaban J connectivity index is 1.96. The highest BCUT2D eigenvalue weighted by molar-refractivity contribution is 6.30. The maximum atomic E-state index is 12.7. The quantitative estimate of drug-likeness (QED) is 0.364. The van der Waals surface area contributed by atoms with Crippen molar-refractivity contribution >= 4 is 23.5 Å². The molecule has 0 heterocycles. The van der Waals surface area contributed by atoms with Gasteiger partial charge in [0.1, 0.15) is 5.75 Å². The van der Waals surface area contributed by atoms with E-state index in [9.17, 15) is 9.59 Å². The lowest BCUT2D eigenvalue weighted by atomic mass is 9.79. The van der Waals surface area contributed by atoms with Crippen molar-refractivity contribution < 1.29 is 19.1 Å². The van der Waals surface area contributed by atoms with Crippen LogP contribution >= 0.6 is 11.6 Å². The topological polar surface area (TPSA) is 52.6 Å². The molecule has 0 spiro atoms. The molecule has 1 aliphatic rings. The summed E-state index contributed by atoms with van der Waals surface area (Å²) >= 11 is 5.95. The molecule has 0 aliphatic heterocycles. The second-order valence-electron chi connectivity index (χ2n) is 7.53. The third kappa shape index (κ3) is 6.01. The fourth-order valence-corrected chi connectivity index (χ4v) is 3.60. The summed E-state index contributed by atoms with van der Waals surface area (Å²) in [7, 11) is 0. The molecule has 1 fully saturated rings. The van der Waals surface area contributed by atoms with Crippen LogP contribution in [0.5, 0.6) is 5.75 Å². The molecule has 4 nitrogen and oxygen atoms in total. The zero-order chi connectivity index (χ0) is 19.1. The number of rotatable bonds is 7. The molecule has 0 amide bonds. The minimum absolute atomic E-state index is 0.261. The Morgan fingerprint density at radius 2 is 1.81 bits per heavy atom. The van der Waals surface area contributed by atoms with Crippen LogP contribution in [0, 0.1) is 24.7 Å². The summed E-state index contributed by atoms with van der Waals surface area (Å²) in [5.74, 6) is -0.357. The molecule has 1 aliphatic carbocycles. The van der Waals surface area contributed by atoms with E-state index in [1.54, 1.807) is 18.2 Å². The largest absolute Gasteiger partial charge is 0.465 e. The molecule has 5 heteroatoms. The molecule has 0 aromatic heterocycles. The maximum Gasteiger partial charge on any atom is 0.315 e. The molecule has 0 saturated heterocycles. The second kappa shape index (κ2) is 9.96. The van der Waals surface area contributed by atoms with Gasteiger partial charge < -0.3 is 9.47 Å². The molecule has 1 saturated carbocycles. The molecule has 144 valence electrons. The Labute approximate surface area is 161 Å². The van der Waals surface area contributed by atoms with Gasteiger partial charge in [0.05, 0.1) is 18.4 Å². The number of ether oxygens (including phenoxy) is 2. The summed E-state index contributed by atoms with van der Waals surface area (Å²) in [5.41, 5.74) is 0.800. The van der Waals surface area contributed by atoms with E-state index < -0.39 is 11.8 Å². The van der Waals surface area contributed by atoms with E-state index in [1.807, 2.05) is 6.92 Å². The van der Waals surface area contributed by atoms with Gasteiger partial charge in [-0.15, -0.1) is 0 Å². The first-order valence-electron chi connectivity index (χ1n) is 9.53. The standard InChI is InChI=1S/C21H29ClO4/c1-14(2)7-6-12-25-20(23)17-8-4-5-9-18(17)21(24)26-19-11-10-16(22)13-15(19)3/h10-11,13-14,17-18H,4-9,12H2,1-3H3. The normalized spacial score (nSPS) is 20.0. The first kappa shape index (κ1) is 20.8. The molecule has 0 N–H and O–H groups in total. The predicted octanol–water partition coefficient (Wildman–Crippen LogP) is 5.34. The summed E-state index contributed by atoms with van der Waals surface area (Å²) in [6.07, 6.45) is 5.10. The van der Waals surface area contributed by atoms with Gasteiger partial charge in [0, 0.05) is 5.02 Å². The lowest BCUT2D eigenvalue weighted by Crippen LogP contribution is -2.36. The monoisotopic (exact) mass is 380 g/mol. The number of aryl methyl sites for hydroxylation is 1. The molecular weight excluding hydrogens is 352 g/mol. The maximum absolute atomic E-state index is 12.7. The van der Waals surface area contributed by atoms with Crippen molar-refractivity contribution in [1.29, 1.82) is 0 Å². The van der Waals surface area contributed by atoms with Gasteiger partial charge in [-0.1, -0.05) is 38.3 Å². The highest BCUT2D eigenvalue weighted by Crippen LogP contribution is 2.33. The van der Waals surface area contributed by atoms with Crippen LogP contribution in [0.15, 0.2) is 18.2 Å². The predicted molar refractivity (Wildman–Crippen MR) is 102 cm³/mol. The Morgan fingerprint density at radius 1 is 1.15 bits per heavy atom. The number of benzene rings is 1. The van der Waals surface area contributed by atoms with E-state index in [-0.39, 0.29) is 11.9 Å². The number of halogens is 1. The van der Waals surface area contributed by atoms with Crippen LogP contribution in [0.1, 0.15) is 57.9 Å². The van der Waals surface area contributed by atoms with E-state index in [1.165, 1.54) is 0 Å². The van der Waals surface area contributed by atoms with Gasteiger partial charge in [0.15, 0.2) is 0 Å². The number of hydrogen-bond donors (Lipinski definition) is 0. The van der Waals surface area contributed by atoms with E-state index >= 15 is 0 Å². The lowest BCUT2D eigenvalue weighted by Gasteiger charge is -2.28. The van der Waals surface area contributed by atoms with Crippen molar-refractivity contribution in [2.45, 2.75) is 59.3 Å². The van der Waals surface area contributed by atoms with E-state index in [4.69, 9.17) is 21.1 Å². The van der Waals surface area contributed by atoms with Crippen molar-refractivity contribution in [2.75, 3.05) is 6.61 Å². The van der Waals surface area contributed by atoms with Gasteiger partial charge in [-0.05, 0) is 62.3 Å². The Hall–Kier alpha value is -1.55. The van der Waals surface area contributed by atoms with Gasteiger partial charge >= 0.3 is 11.9 Å². The molecule has 0 bridgehead atoms. The third-order valence-corrected chi connectivity index (χ3v) is 5.12. The van der Waals surface area contributed by atoms with Gasteiger partial charge in [-0.25, -0.2) is 0 Å². The van der Waals surface area contributed by atoms with Gasteiger partial charge in [-0.3, -0.25) is 9.59 Å². The van der Waals surface area contributed by atoms with Crippen molar-refractivity contribution in [3.8, 4) is 5.75 Å². The fourth-order valence-electron chi connectivity index (χ4n) is 3.38. The highest BCUT2D eigenvalue weighted by Gasteiger charge is 2.38. The van der Waals surface area contributed by atoms with Crippen molar-refractivity contribution in [2.24, 2.45) is 17.8 Å². The average Bonchev–Trinajstić information content (AvgIpc) is 2.60. The van der Waals surface area contributed by atoms with Crippen molar-refractivity contribution in [1.82, 2.24) is 0 Å². The van der Waals surface area contributed by atoms with Crippen molar-refractivity contribution in [3.63, 3.8) is 0 Å². The smallest absolute Gasteiger partial charge is 0.315 e. The summed E-state index contributed by atoms with van der Waals surface area (Å²) in [5, 5.41) is 0.600. The van der Waals surface area contributed by atoms with Crippen LogP contribution < -0.4 is 4.74 Å². The minimum atomic E-state index is -0.434. The molecular formula is C21H29ClO4. The zero-order valence-corrected chi connectivity index (χ0v) is 16.7. The molecule has 2 rings (SSSR count). The lowest BCUT2D eigenvalue weighted by molar-refractivity contribution is -0.158. The minimum Gasteiger partial charge on any atom is -0.465 e. The van der Waals surface area contributed by atoms with E-state index in [0.29, 0.717) is 36.1 Å². The molecule has 0 radical (unpaired) electrons. The molecule has 1 aromatic rings. The summed E-state index contributed by atoms with van der Waals surface area (Å²) < 4.78 is 11.0. The Morgan fingerprint density at radius 3 is 2.42 bits per heavy atom. The summed E-state index contributed by atoms with van der Waals surface area (Å²) in [4.78, 5) is 25.2. The molecule has 1 aromatic carbocycles. The molecule has 2 unspecified atom stereocenters. The third-order valence-electron chi connectivity index (χ3n) is 4.89. The first-order valence-corrected chi connectivity index (χ1v) is 9.90. The second-order valence-corrected chi connectivity index (χ2v) is 7.97. The molecule has 2 atom stereocenters. The SMILES string of the molecule is Cc1cc(Cl)ccc1OC(=O)C1CCCCC1C(=O)OCCCC(C)C. The van der Waals surface area contributed by atoms with E-state index in [2.05, 4.69) is 13.8 Å². The van der Waals surface area contributed by atoms with Crippen LogP contribution in [0.3, 0.4) is 0 Å². The van der Waals surface area contributed by atoms with Crippen LogP contribution in [-0.2, 0) is 14.3 Å². The van der Waals surface area contributed by atoms with Crippen molar-refractivity contribution in [3.05, 3.63) is 28.8 Å². The summed E-state index contributed by atoms with van der Waals surface area (Å²) in [6.45, 7) is 6.56. The fraction of sp³-hybridized carbons (Fsp3) is 0.619. The number of carbonyl (C=O) groups is 2. The number of hydrogen-bond acceptors (Lipinski definition) is 4. The average molecular weight is 381 g/mol. The number of carbonyl (C=O) groups excluding carboxylic acids is 2. The summed E-state index contributed by atoms with van der Waals surface area (Å²) in [6, 6.07) is 5.14. The first-order chi connectivity index (χ1) is 12.4. The van der Waals surface area contributed by atoms with Crippen LogP contribution in [0.25, 0.3) is 0 Å². The zero-order valence-electron chi connectivity index (χ0n) is 15.9. The highest BCUT2D eigenvalue weighted by atomic mass is 35.5. The molecule has 26 heavy (non-hydrogen) atoms. The van der Waals surface area contributed by atoms with Crippen LogP contribution in [0.2, 0.25) is 5.02 Å². The van der Waals surface area contributed by atoms with Crippen LogP contribution in [-0.4, -0.2) is 18.5 Å². The Kier molecular flexibility index (Phi) is 7.95. The van der Waals surface area contributed by atoms with Gasteiger partial charge in [-0.2, -0.15) is 0 Å². The van der Waals surface area contributed by atoms with Gasteiger partial charge in [0.2, 0.25) is 0 Å². The van der Waals surface area contributed by atoms with Gasteiger partial charge in [0.25, 0.3) is 0 Å². The van der Waals surface area contributed by atoms with E-state index in [0.717, 1.165) is 31.2 Å². The Bertz CT molecular complexity index is 626. The number of esters is 2.